The molecule has 0 aliphatic heterocycles. The van der Waals surface area contributed by atoms with E-state index in [9.17, 15) is 0 Å². The zero-order valence-corrected chi connectivity index (χ0v) is 10.0. The maximum Gasteiger partial charge on any atom is 0.130 e. The third kappa shape index (κ3) is 4.33. The maximum atomic E-state index is 8.92. The van der Waals surface area contributed by atoms with Crippen molar-refractivity contribution < 1.29 is 4.74 Å². The molecular weight excluding hydrogens is 200 g/mol. The number of nitrogens with zero attached hydrogens (tertiary/aromatic N) is 1. The SMILES string of the molecule is Cc1cccc(OCC(C#N)NC(C)C)c1. The third-order valence-electron chi connectivity index (χ3n) is 2.10. The summed E-state index contributed by atoms with van der Waals surface area (Å²) in [6.07, 6.45) is 0. The van der Waals surface area contributed by atoms with E-state index in [1.165, 1.54) is 0 Å². The molecule has 1 rings (SSSR count). The van der Waals surface area contributed by atoms with Gasteiger partial charge in [-0.3, -0.25) is 5.32 Å². The van der Waals surface area contributed by atoms with Crippen LogP contribution in [0, 0.1) is 18.3 Å². The lowest BCUT2D eigenvalue weighted by atomic mass is 10.2. The number of ether oxygens (including phenoxy) is 1. The van der Waals surface area contributed by atoms with Crippen LogP contribution in [0.1, 0.15) is 19.4 Å². The fourth-order valence-corrected chi connectivity index (χ4v) is 1.41. The van der Waals surface area contributed by atoms with Gasteiger partial charge in [-0.2, -0.15) is 5.26 Å². The highest BCUT2D eigenvalue weighted by atomic mass is 16.5. The molecule has 0 aliphatic carbocycles. The smallest absolute Gasteiger partial charge is 0.130 e. The molecule has 0 aromatic heterocycles. The second kappa shape index (κ2) is 6.14. The van der Waals surface area contributed by atoms with Crippen molar-refractivity contribution in [2.45, 2.75) is 32.9 Å². The van der Waals surface area contributed by atoms with Crippen LogP contribution in [0.4, 0.5) is 0 Å². The van der Waals surface area contributed by atoms with Crippen LogP contribution >= 0.6 is 0 Å². The average Bonchev–Trinajstić information content (AvgIpc) is 2.24. The van der Waals surface area contributed by atoms with Gasteiger partial charge in [0, 0.05) is 6.04 Å². The molecule has 3 heteroatoms. The summed E-state index contributed by atoms with van der Waals surface area (Å²) < 4.78 is 5.56. The number of benzene rings is 1. The molecule has 0 saturated carbocycles. The van der Waals surface area contributed by atoms with E-state index < -0.39 is 0 Å². The van der Waals surface area contributed by atoms with Crippen LogP contribution in [0.2, 0.25) is 0 Å². The van der Waals surface area contributed by atoms with Crippen LogP contribution in [0.5, 0.6) is 5.75 Å². The monoisotopic (exact) mass is 218 g/mol. The minimum absolute atomic E-state index is 0.263. The second-order valence-electron chi connectivity index (χ2n) is 4.13. The molecular formula is C13H18N2O. The van der Waals surface area contributed by atoms with Gasteiger partial charge in [-0.05, 0) is 38.5 Å². The molecule has 1 aromatic rings. The van der Waals surface area contributed by atoms with Crippen molar-refractivity contribution in [2.24, 2.45) is 0 Å². The van der Waals surface area contributed by atoms with Crippen LogP contribution < -0.4 is 10.1 Å². The summed E-state index contributed by atoms with van der Waals surface area (Å²) in [4.78, 5) is 0. The van der Waals surface area contributed by atoms with Gasteiger partial charge in [0.2, 0.25) is 0 Å². The Morgan fingerprint density at radius 3 is 2.75 bits per heavy atom. The fourth-order valence-electron chi connectivity index (χ4n) is 1.41. The van der Waals surface area contributed by atoms with Gasteiger partial charge < -0.3 is 4.74 Å². The van der Waals surface area contributed by atoms with Crippen LogP contribution in [0.15, 0.2) is 24.3 Å². The van der Waals surface area contributed by atoms with Crippen molar-refractivity contribution in [2.75, 3.05) is 6.61 Å². The minimum Gasteiger partial charge on any atom is -0.491 e. The molecule has 0 spiro atoms. The first-order chi connectivity index (χ1) is 7.61. The van der Waals surface area contributed by atoms with Gasteiger partial charge in [0.1, 0.15) is 18.4 Å². The summed E-state index contributed by atoms with van der Waals surface area (Å²) in [5.41, 5.74) is 1.16. The van der Waals surface area contributed by atoms with Gasteiger partial charge in [0.05, 0.1) is 6.07 Å². The first-order valence-corrected chi connectivity index (χ1v) is 5.47. The Morgan fingerprint density at radius 1 is 1.44 bits per heavy atom. The Kier molecular flexibility index (Phi) is 4.81. The molecule has 0 heterocycles. The molecule has 1 unspecified atom stereocenters. The van der Waals surface area contributed by atoms with E-state index in [4.69, 9.17) is 10.00 Å². The third-order valence-corrected chi connectivity index (χ3v) is 2.10. The van der Waals surface area contributed by atoms with Crippen LogP contribution in [-0.4, -0.2) is 18.7 Å². The minimum atomic E-state index is -0.263. The zero-order valence-electron chi connectivity index (χ0n) is 10.0. The number of nitrogens with one attached hydrogen (secondary N) is 1. The summed E-state index contributed by atoms with van der Waals surface area (Å²) in [7, 11) is 0. The Balaban J connectivity index is 2.47. The van der Waals surface area contributed by atoms with Gasteiger partial charge in [0.15, 0.2) is 0 Å². The molecule has 0 fully saturated rings. The van der Waals surface area contributed by atoms with Crippen molar-refractivity contribution in [3.05, 3.63) is 29.8 Å². The topological polar surface area (TPSA) is 45.0 Å². The van der Waals surface area contributed by atoms with Crippen molar-refractivity contribution >= 4 is 0 Å². The standard InChI is InChI=1S/C13H18N2O/c1-10(2)15-12(8-14)9-16-13-6-4-5-11(3)7-13/h4-7,10,12,15H,9H2,1-3H3. The largest absolute Gasteiger partial charge is 0.491 e. The normalized spacial score (nSPS) is 12.2. The first-order valence-electron chi connectivity index (χ1n) is 5.47. The lowest BCUT2D eigenvalue weighted by Crippen LogP contribution is -2.37. The predicted molar refractivity (Wildman–Crippen MR) is 64.3 cm³/mol. The first kappa shape index (κ1) is 12.5. The highest BCUT2D eigenvalue weighted by Gasteiger charge is 2.09. The van der Waals surface area contributed by atoms with Crippen LogP contribution in [0.25, 0.3) is 0 Å². The van der Waals surface area contributed by atoms with Gasteiger partial charge in [-0.15, -0.1) is 0 Å². The van der Waals surface area contributed by atoms with Crippen molar-refractivity contribution in [3.8, 4) is 11.8 Å². The number of hydrogen-bond donors (Lipinski definition) is 1. The Bertz CT molecular complexity index is 368. The van der Waals surface area contributed by atoms with Crippen molar-refractivity contribution in [1.82, 2.24) is 5.32 Å². The Morgan fingerprint density at radius 2 is 2.19 bits per heavy atom. The van der Waals surface area contributed by atoms with Crippen molar-refractivity contribution in [1.29, 1.82) is 5.26 Å². The lowest BCUT2D eigenvalue weighted by molar-refractivity contribution is 0.282. The molecule has 16 heavy (non-hydrogen) atoms. The zero-order chi connectivity index (χ0) is 12.0. The summed E-state index contributed by atoms with van der Waals surface area (Å²) in [5, 5.41) is 12.0. The van der Waals surface area contributed by atoms with Crippen LogP contribution in [0.3, 0.4) is 0 Å². The second-order valence-corrected chi connectivity index (χ2v) is 4.13. The van der Waals surface area contributed by atoms with Gasteiger partial charge >= 0.3 is 0 Å². The summed E-state index contributed by atoms with van der Waals surface area (Å²) in [5.74, 6) is 0.811. The highest BCUT2D eigenvalue weighted by Crippen LogP contribution is 2.12. The van der Waals surface area contributed by atoms with E-state index in [1.807, 2.05) is 45.0 Å². The quantitative estimate of drug-likeness (QED) is 0.824. The molecule has 0 saturated heterocycles. The van der Waals surface area contributed by atoms with E-state index >= 15 is 0 Å². The lowest BCUT2D eigenvalue weighted by Gasteiger charge is -2.15. The molecule has 1 atom stereocenters. The maximum absolute atomic E-state index is 8.92. The number of nitriles is 1. The molecule has 0 aliphatic rings. The fraction of sp³-hybridized carbons (Fsp3) is 0.462. The van der Waals surface area contributed by atoms with E-state index in [2.05, 4.69) is 11.4 Å². The predicted octanol–water partition coefficient (Wildman–Crippen LogP) is 2.26. The molecule has 0 radical (unpaired) electrons. The number of aryl methyl sites for hydroxylation is 1. The average molecular weight is 218 g/mol. The van der Waals surface area contributed by atoms with Gasteiger partial charge in [0.25, 0.3) is 0 Å². The molecule has 0 amide bonds. The van der Waals surface area contributed by atoms with Gasteiger partial charge in [-0.25, -0.2) is 0 Å². The molecule has 1 aromatic carbocycles. The Labute approximate surface area is 97.0 Å². The van der Waals surface area contributed by atoms with E-state index in [0.29, 0.717) is 6.61 Å². The van der Waals surface area contributed by atoms with Crippen LogP contribution in [-0.2, 0) is 0 Å². The summed E-state index contributed by atoms with van der Waals surface area (Å²) >= 11 is 0. The van der Waals surface area contributed by atoms with E-state index in [0.717, 1.165) is 11.3 Å². The molecule has 1 N–H and O–H groups in total. The molecule has 0 bridgehead atoms. The highest BCUT2D eigenvalue weighted by molar-refractivity contribution is 5.27. The summed E-state index contributed by atoms with van der Waals surface area (Å²) in [6.45, 7) is 6.41. The van der Waals surface area contributed by atoms with Crippen molar-refractivity contribution in [3.63, 3.8) is 0 Å². The summed E-state index contributed by atoms with van der Waals surface area (Å²) in [6, 6.07) is 10.0. The van der Waals surface area contributed by atoms with Gasteiger partial charge in [-0.1, -0.05) is 12.1 Å². The molecule has 86 valence electrons. The Hall–Kier alpha value is -1.53. The molecule has 3 nitrogen and oxygen atoms in total. The van der Waals surface area contributed by atoms with E-state index in [1.54, 1.807) is 0 Å². The number of rotatable bonds is 5. The number of hydrogen-bond acceptors (Lipinski definition) is 3. The van der Waals surface area contributed by atoms with E-state index in [-0.39, 0.29) is 12.1 Å².